The number of hydrogen-bond acceptors (Lipinski definition) is 4. The molecule has 2 heterocycles. The van der Waals surface area contributed by atoms with E-state index in [-0.39, 0.29) is 11.2 Å². The van der Waals surface area contributed by atoms with E-state index in [0.29, 0.717) is 0 Å². The van der Waals surface area contributed by atoms with E-state index in [0.717, 1.165) is 72.0 Å². The molecular weight excluding hydrogens is 516 g/mol. The summed E-state index contributed by atoms with van der Waals surface area (Å²) < 4.78 is 6.75. The number of hydrogen-bond donors (Lipinski definition) is 1. The van der Waals surface area contributed by atoms with Gasteiger partial charge in [0.05, 0.1) is 11.6 Å². The van der Waals surface area contributed by atoms with Crippen molar-refractivity contribution in [2.75, 3.05) is 5.32 Å². The number of para-hydroxylation sites is 1. The van der Waals surface area contributed by atoms with Gasteiger partial charge in [0.1, 0.15) is 11.4 Å². The highest BCUT2D eigenvalue weighted by atomic mass is 16.5. The van der Waals surface area contributed by atoms with Crippen molar-refractivity contribution < 1.29 is 9.53 Å². The van der Waals surface area contributed by atoms with E-state index in [4.69, 9.17) is 9.73 Å². The number of ether oxygens (including phenoxy) is 1. The van der Waals surface area contributed by atoms with Gasteiger partial charge in [0.25, 0.3) is 0 Å². The average Bonchev–Trinajstić information content (AvgIpc) is 3.24. The van der Waals surface area contributed by atoms with Crippen molar-refractivity contribution in [3.63, 3.8) is 0 Å². The lowest BCUT2D eigenvalue weighted by Gasteiger charge is -2.40. The smallest absolute Gasteiger partial charge is 0.226 e. The van der Waals surface area contributed by atoms with Crippen LogP contribution in [-0.4, -0.2) is 17.7 Å². The zero-order chi connectivity index (χ0) is 28.2. The van der Waals surface area contributed by atoms with E-state index in [1.807, 2.05) is 54.7 Å². The van der Waals surface area contributed by atoms with E-state index in [1.54, 1.807) is 0 Å². The number of aliphatic imine (C=N–C) groups is 1. The first-order valence-corrected chi connectivity index (χ1v) is 14.3. The van der Waals surface area contributed by atoms with Crippen LogP contribution >= 0.6 is 0 Å². The highest BCUT2D eigenvalue weighted by Crippen LogP contribution is 2.52. The second kappa shape index (κ2) is 7.95. The molecule has 2 aliphatic heterocycles. The summed E-state index contributed by atoms with van der Waals surface area (Å²) >= 11 is 0. The lowest BCUT2D eigenvalue weighted by Crippen LogP contribution is -2.56. The predicted molar refractivity (Wildman–Crippen MR) is 170 cm³/mol. The Balaban J connectivity index is 1.16. The van der Waals surface area contributed by atoms with Crippen LogP contribution in [0.1, 0.15) is 35.3 Å². The van der Waals surface area contributed by atoms with Crippen molar-refractivity contribution in [2.24, 2.45) is 4.99 Å². The highest BCUT2D eigenvalue weighted by Gasteiger charge is 2.55. The molecule has 9 rings (SSSR count). The van der Waals surface area contributed by atoms with Crippen LogP contribution in [0, 0.1) is 0 Å². The summed E-state index contributed by atoms with van der Waals surface area (Å²) in [7, 11) is 0. The third-order valence-corrected chi connectivity index (χ3v) is 9.51. The molecule has 1 spiro atoms. The molecule has 0 aromatic heterocycles. The Labute approximate surface area is 243 Å². The summed E-state index contributed by atoms with van der Waals surface area (Å²) in [6.07, 6.45) is 1.93. The molecular formula is C38H26N2O2. The van der Waals surface area contributed by atoms with Crippen LogP contribution in [0.5, 0.6) is 5.75 Å². The second-order valence-electron chi connectivity index (χ2n) is 12.0. The van der Waals surface area contributed by atoms with Crippen LogP contribution in [0.25, 0.3) is 43.8 Å². The minimum atomic E-state index is -0.753. The molecule has 6 aromatic rings. The Hall–Kier alpha value is -5.22. The monoisotopic (exact) mass is 542 g/mol. The fourth-order valence-electron chi connectivity index (χ4n) is 7.21. The van der Waals surface area contributed by atoms with Crippen molar-refractivity contribution in [2.45, 2.75) is 25.0 Å². The minimum Gasteiger partial charge on any atom is -0.460 e. The molecule has 0 saturated carbocycles. The SMILES string of the molecule is CC1(C)c2ccccc2NC12C=Nc1c(ccc3cc(-c4ccc5c6c(cccc46)C(=O)c4ccccc4-5)ccc13)O2. The van der Waals surface area contributed by atoms with Crippen molar-refractivity contribution in [3.05, 3.63) is 126 Å². The van der Waals surface area contributed by atoms with Gasteiger partial charge in [-0.1, -0.05) is 91.0 Å². The topological polar surface area (TPSA) is 50.7 Å². The molecule has 0 saturated heterocycles. The zero-order valence-electron chi connectivity index (χ0n) is 23.2. The first-order chi connectivity index (χ1) is 20.5. The first-order valence-electron chi connectivity index (χ1n) is 14.3. The molecule has 0 radical (unpaired) electrons. The maximum Gasteiger partial charge on any atom is 0.226 e. The molecule has 0 fully saturated rings. The predicted octanol–water partition coefficient (Wildman–Crippen LogP) is 9.07. The van der Waals surface area contributed by atoms with E-state index in [9.17, 15) is 4.79 Å². The summed E-state index contributed by atoms with van der Waals surface area (Å²) in [6, 6.07) is 37.3. The molecule has 1 atom stereocenters. The zero-order valence-corrected chi connectivity index (χ0v) is 23.2. The van der Waals surface area contributed by atoms with E-state index in [1.165, 1.54) is 5.56 Å². The van der Waals surface area contributed by atoms with Gasteiger partial charge in [-0.25, -0.2) is 0 Å². The lowest BCUT2D eigenvalue weighted by molar-refractivity contribution is 0.104. The second-order valence-corrected chi connectivity index (χ2v) is 12.0. The summed E-state index contributed by atoms with van der Waals surface area (Å²) in [5.41, 5.74) is 7.94. The Morgan fingerprint density at radius 3 is 2.36 bits per heavy atom. The van der Waals surface area contributed by atoms with Crippen LogP contribution < -0.4 is 10.1 Å². The average molecular weight is 543 g/mol. The van der Waals surface area contributed by atoms with Gasteiger partial charge in [-0.15, -0.1) is 0 Å². The van der Waals surface area contributed by atoms with Crippen molar-refractivity contribution in [1.82, 2.24) is 0 Å². The van der Waals surface area contributed by atoms with Crippen molar-refractivity contribution in [3.8, 4) is 28.0 Å². The fourth-order valence-corrected chi connectivity index (χ4v) is 7.21. The Bertz CT molecular complexity index is 2210. The Morgan fingerprint density at radius 2 is 1.48 bits per heavy atom. The van der Waals surface area contributed by atoms with Gasteiger partial charge in [0, 0.05) is 27.6 Å². The van der Waals surface area contributed by atoms with Crippen molar-refractivity contribution in [1.29, 1.82) is 0 Å². The standard InChI is InChI=1S/C38H26N2O2/c1-37(2)31-12-5-6-13-32(31)40-38(37)21-39-35-25-16-14-22(20-23(25)15-19-33(35)42-38)24-17-18-28-26-8-3-4-9-29(26)36(41)30-11-7-10-27(24)34(28)30/h3-21,40H,1-2H3. The van der Waals surface area contributed by atoms with Gasteiger partial charge in [-0.05, 0) is 70.6 Å². The van der Waals surface area contributed by atoms with E-state index < -0.39 is 5.72 Å². The molecule has 1 unspecified atom stereocenters. The molecule has 4 nitrogen and oxygen atoms in total. The summed E-state index contributed by atoms with van der Waals surface area (Å²) in [4.78, 5) is 18.4. The molecule has 200 valence electrons. The van der Waals surface area contributed by atoms with Gasteiger partial charge in [-0.3, -0.25) is 9.79 Å². The van der Waals surface area contributed by atoms with Gasteiger partial charge < -0.3 is 10.1 Å². The summed E-state index contributed by atoms with van der Waals surface area (Å²) in [6.45, 7) is 4.39. The lowest BCUT2D eigenvalue weighted by atomic mass is 9.78. The fraction of sp³-hybridized carbons (Fsp3) is 0.105. The van der Waals surface area contributed by atoms with Gasteiger partial charge in [0.15, 0.2) is 5.78 Å². The number of nitrogens with one attached hydrogen (secondary N) is 1. The van der Waals surface area contributed by atoms with Crippen LogP contribution in [0.15, 0.2) is 114 Å². The number of carbonyl (C=O) groups excluding carboxylic acids is 1. The molecule has 4 heteroatoms. The van der Waals surface area contributed by atoms with Gasteiger partial charge >= 0.3 is 0 Å². The number of nitrogens with zero attached hydrogens (tertiary/aromatic N) is 1. The van der Waals surface area contributed by atoms with Crippen LogP contribution in [0.3, 0.4) is 0 Å². The summed E-state index contributed by atoms with van der Waals surface area (Å²) in [5.74, 6) is 0.856. The number of anilines is 1. The van der Waals surface area contributed by atoms with Gasteiger partial charge in [-0.2, -0.15) is 0 Å². The van der Waals surface area contributed by atoms with Gasteiger partial charge in [0.2, 0.25) is 5.72 Å². The number of rotatable bonds is 1. The quantitative estimate of drug-likeness (QED) is 0.225. The summed E-state index contributed by atoms with van der Waals surface area (Å²) in [5, 5.41) is 7.86. The third kappa shape index (κ3) is 2.91. The number of ketones is 1. The largest absolute Gasteiger partial charge is 0.460 e. The Morgan fingerprint density at radius 1 is 0.690 bits per heavy atom. The van der Waals surface area contributed by atoms with Crippen LogP contribution in [0.2, 0.25) is 0 Å². The molecule has 0 amide bonds. The number of fused-ring (bicyclic) bond motifs is 6. The maximum absolute atomic E-state index is 13.4. The van der Waals surface area contributed by atoms with Crippen LogP contribution in [0.4, 0.5) is 11.4 Å². The highest BCUT2D eigenvalue weighted by molar-refractivity contribution is 6.27. The molecule has 42 heavy (non-hydrogen) atoms. The normalized spacial score (nSPS) is 18.9. The number of carbonyl (C=O) groups is 1. The van der Waals surface area contributed by atoms with Crippen LogP contribution in [-0.2, 0) is 5.41 Å². The first kappa shape index (κ1) is 23.5. The molecule has 1 N–H and O–H groups in total. The molecule has 0 bridgehead atoms. The van der Waals surface area contributed by atoms with Crippen molar-refractivity contribution >= 4 is 44.9 Å². The molecule has 3 aliphatic rings. The van der Waals surface area contributed by atoms with E-state index in [2.05, 4.69) is 79.8 Å². The number of benzene rings is 6. The Kier molecular flexibility index (Phi) is 4.45. The molecule has 1 aliphatic carbocycles. The maximum atomic E-state index is 13.4. The third-order valence-electron chi connectivity index (χ3n) is 9.51. The molecule has 6 aromatic carbocycles. The minimum absolute atomic E-state index is 0.0876. The van der Waals surface area contributed by atoms with E-state index >= 15 is 0 Å².